The van der Waals surface area contributed by atoms with Crippen molar-refractivity contribution in [3.8, 4) is 0 Å². The molecule has 12 heteroatoms. The first kappa shape index (κ1) is 87.3. The molecule has 7 rings (SSSR count). The first-order chi connectivity index (χ1) is 50.9. The number of carbonyl (C=O) groups is 8. The molecule has 0 bridgehead atoms. The van der Waals surface area contributed by atoms with Gasteiger partial charge >= 0.3 is 0 Å². The van der Waals surface area contributed by atoms with E-state index in [2.05, 4.69) is 27.7 Å². The molecular weight excluding hydrogens is 1290 g/mol. The number of imide groups is 4. The molecule has 0 spiro atoms. The minimum atomic E-state index is -0.472. The van der Waals surface area contributed by atoms with E-state index in [4.69, 9.17) is 0 Å². The molecule has 7 aliphatic rings. The van der Waals surface area contributed by atoms with Crippen LogP contribution in [0.2, 0.25) is 0 Å². The maximum atomic E-state index is 14.0. The third-order valence-corrected chi connectivity index (χ3v) is 27.4. The summed E-state index contributed by atoms with van der Waals surface area (Å²) >= 11 is 0. The topological polar surface area (TPSA) is 150 Å². The Labute approximate surface area is 636 Å². The third kappa shape index (κ3) is 29.1. The van der Waals surface area contributed by atoms with Gasteiger partial charge in [-0.25, -0.2) is 0 Å². The van der Waals surface area contributed by atoms with Gasteiger partial charge in [-0.15, -0.1) is 0 Å². The van der Waals surface area contributed by atoms with E-state index in [0.29, 0.717) is 39.0 Å². The highest BCUT2D eigenvalue weighted by molar-refractivity contribution is 6.13. The summed E-state index contributed by atoms with van der Waals surface area (Å²) < 4.78 is 0. The van der Waals surface area contributed by atoms with Crippen LogP contribution in [-0.4, -0.2) is 93.0 Å². The Morgan fingerprint density at radius 2 is 0.394 bits per heavy atom. The van der Waals surface area contributed by atoms with Crippen molar-refractivity contribution in [1.82, 2.24) is 19.6 Å². The van der Waals surface area contributed by atoms with Gasteiger partial charge in [-0.3, -0.25) is 58.0 Å². The number of carbonyl (C=O) groups excluding carboxylic acids is 8. The van der Waals surface area contributed by atoms with E-state index in [1.54, 1.807) is 0 Å². The zero-order valence-corrected chi connectivity index (χ0v) is 67.5. The molecule has 4 aliphatic heterocycles. The fourth-order valence-electron chi connectivity index (χ4n) is 21.2. The second kappa shape index (κ2) is 51.4. The van der Waals surface area contributed by atoms with Crippen LogP contribution in [0.15, 0.2) is 24.3 Å². The molecule has 3 aliphatic carbocycles. The van der Waals surface area contributed by atoms with Gasteiger partial charge in [0.05, 0.1) is 23.7 Å². The number of rotatable bonds is 62. The van der Waals surface area contributed by atoms with Gasteiger partial charge in [-0.2, -0.15) is 0 Å². The standard InChI is InChI=1S/C92H156N4O8/c1-5-9-13-17-31-43-55-77-73(51-39-15-11-7-3)60-62-76(79(77)57-45-33-23-27-36-48-68-94-87(99)65-66-88(94)100)54-42-30-22-20-26-37-49-69-95-89(101)81-71-83-84(72-82(81)90(95)102)92(104)96(91(83)103)70-50-38-28-24-34-46-58-80-75(53-41-29-21-19-25-35-47-67-93-85(97)63-64-86(93)98)61-59-74(52-40-16-12-8-4)78(80)56-44-32-18-14-10-6-2/h63-66,73-84H,5-62,67-72H2,1-4H3. The summed E-state index contributed by atoms with van der Waals surface area (Å²) in [6, 6.07) is 0. The Bertz CT molecular complexity index is 2470. The number of hydrogen-bond acceptors (Lipinski definition) is 8. The zero-order chi connectivity index (χ0) is 73.9. The van der Waals surface area contributed by atoms with Gasteiger partial charge in [0.1, 0.15) is 0 Å². The van der Waals surface area contributed by atoms with E-state index < -0.39 is 23.7 Å². The molecule has 4 heterocycles. The lowest BCUT2D eigenvalue weighted by Gasteiger charge is -2.44. The van der Waals surface area contributed by atoms with Crippen LogP contribution < -0.4 is 0 Å². The van der Waals surface area contributed by atoms with Gasteiger partial charge in [0.2, 0.25) is 23.6 Å². The molecule has 0 N–H and O–H groups in total. The van der Waals surface area contributed by atoms with Crippen molar-refractivity contribution < 1.29 is 38.4 Å². The number of unbranched alkanes of at least 4 members (excludes halogenated alkanes) is 38. The van der Waals surface area contributed by atoms with Crippen LogP contribution in [0.25, 0.3) is 0 Å². The smallest absolute Gasteiger partial charge is 0.253 e. The summed E-state index contributed by atoms with van der Waals surface area (Å²) in [5, 5.41) is 0. The maximum absolute atomic E-state index is 14.0. The predicted molar refractivity (Wildman–Crippen MR) is 427 cm³/mol. The molecule has 12 unspecified atom stereocenters. The molecule has 12 atom stereocenters. The number of nitrogens with zero attached hydrogens (tertiary/aromatic N) is 4. The molecule has 12 nitrogen and oxygen atoms in total. The van der Waals surface area contributed by atoms with Crippen LogP contribution in [-0.2, 0) is 38.4 Å². The second-order valence-corrected chi connectivity index (χ2v) is 34.9. The summed E-state index contributed by atoms with van der Waals surface area (Å²) in [5.74, 6) is 3.94. The Hall–Kier alpha value is -3.96. The molecule has 2 saturated heterocycles. The van der Waals surface area contributed by atoms with Crippen molar-refractivity contribution in [2.24, 2.45) is 71.0 Å². The Morgan fingerprint density at radius 1 is 0.221 bits per heavy atom. The SMILES string of the molecule is CCCCCCCCC1C(CCCCCC)CCC(CCCCCCCCCN2C(=O)C3CC4C(=O)N(CCCCCCCCC5C(CCCCCCCCCN6C(=O)C=CC6=O)CCC(CCCCCC)C5CCCCCCCC)C(=O)C4CC3C2=O)C1CCCCCCCCN1C(=O)C=CC1=O. The summed E-state index contributed by atoms with van der Waals surface area (Å²) in [6.07, 6.45) is 80.4. The molecular formula is C92H156N4O8. The van der Waals surface area contributed by atoms with E-state index in [-0.39, 0.29) is 47.3 Å². The summed E-state index contributed by atoms with van der Waals surface area (Å²) in [4.78, 5) is 110. The van der Waals surface area contributed by atoms with Crippen molar-refractivity contribution in [3.63, 3.8) is 0 Å². The van der Waals surface area contributed by atoms with Crippen molar-refractivity contribution in [1.29, 1.82) is 0 Å². The molecule has 3 saturated carbocycles. The highest BCUT2D eigenvalue weighted by Crippen LogP contribution is 2.51. The number of amides is 8. The first-order valence-corrected chi connectivity index (χ1v) is 45.7. The molecule has 0 aromatic heterocycles. The Morgan fingerprint density at radius 3 is 0.615 bits per heavy atom. The molecule has 104 heavy (non-hydrogen) atoms. The van der Waals surface area contributed by atoms with Gasteiger partial charge in [0.25, 0.3) is 23.6 Å². The maximum Gasteiger partial charge on any atom is 0.253 e. The van der Waals surface area contributed by atoms with Gasteiger partial charge in [-0.05, 0) is 137 Å². The fraction of sp³-hybridized carbons (Fsp3) is 0.870. The zero-order valence-electron chi connectivity index (χ0n) is 67.5. The minimum Gasteiger partial charge on any atom is -0.282 e. The average molecular weight is 1450 g/mol. The molecule has 0 radical (unpaired) electrons. The van der Waals surface area contributed by atoms with Crippen LogP contribution in [0.5, 0.6) is 0 Å². The summed E-state index contributed by atoms with van der Waals surface area (Å²) in [7, 11) is 0. The highest BCUT2D eigenvalue weighted by atomic mass is 16.2. The monoisotopic (exact) mass is 1450 g/mol. The Kier molecular flexibility index (Phi) is 43.2. The lowest BCUT2D eigenvalue weighted by Crippen LogP contribution is -2.35. The van der Waals surface area contributed by atoms with Crippen molar-refractivity contribution in [2.45, 2.75) is 413 Å². The Balaban J connectivity index is 0.782. The molecule has 0 aromatic rings. The fourth-order valence-corrected chi connectivity index (χ4v) is 21.2. The van der Waals surface area contributed by atoms with Crippen LogP contribution in [0, 0.1) is 71.0 Å². The largest absolute Gasteiger partial charge is 0.282 e. The molecule has 592 valence electrons. The highest BCUT2D eigenvalue weighted by Gasteiger charge is 2.59. The van der Waals surface area contributed by atoms with Crippen LogP contribution >= 0.6 is 0 Å². The summed E-state index contributed by atoms with van der Waals surface area (Å²) in [5.41, 5.74) is 0. The quantitative estimate of drug-likeness (QED) is 0.0431. The molecule has 5 fully saturated rings. The van der Waals surface area contributed by atoms with Gasteiger partial charge in [0, 0.05) is 50.5 Å². The van der Waals surface area contributed by atoms with Crippen LogP contribution in [0.4, 0.5) is 0 Å². The average Bonchev–Trinajstić information content (AvgIpc) is 1.58. The molecule has 8 amide bonds. The number of fused-ring (bicyclic) bond motifs is 2. The number of likely N-dealkylation sites (tertiary alicyclic amines) is 2. The van der Waals surface area contributed by atoms with E-state index in [1.807, 2.05) is 0 Å². The lowest BCUT2D eigenvalue weighted by atomic mass is 9.61. The van der Waals surface area contributed by atoms with Crippen molar-refractivity contribution >= 4 is 47.3 Å². The second-order valence-electron chi connectivity index (χ2n) is 34.9. The minimum absolute atomic E-state index is 0.102. The lowest BCUT2D eigenvalue weighted by molar-refractivity contribution is -0.141. The van der Waals surface area contributed by atoms with Crippen LogP contribution in [0.1, 0.15) is 413 Å². The predicted octanol–water partition coefficient (Wildman–Crippen LogP) is 23.5. The normalized spacial score (nSPS) is 25.6. The van der Waals surface area contributed by atoms with Gasteiger partial charge in [0.15, 0.2) is 0 Å². The van der Waals surface area contributed by atoms with E-state index in [1.165, 1.54) is 352 Å². The first-order valence-electron chi connectivity index (χ1n) is 45.7. The molecule has 0 aromatic carbocycles. The number of hydrogen-bond donors (Lipinski definition) is 0. The van der Waals surface area contributed by atoms with Crippen molar-refractivity contribution in [2.75, 3.05) is 26.2 Å². The van der Waals surface area contributed by atoms with Gasteiger partial charge in [-0.1, -0.05) is 323 Å². The van der Waals surface area contributed by atoms with E-state index in [0.717, 1.165) is 112 Å². The van der Waals surface area contributed by atoms with Gasteiger partial charge < -0.3 is 0 Å². The summed E-state index contributed by atoms with van der Waals surface area (Å²) in [6.45, 7) is 11.3. The third-order valence-electron chi connectivity index (χ3n) is 27.4. The van der Waals surface area contributed by atoms with E-state index in [9.17, 15) is 38.4 Å². The van der Waals surface area contributed by atoms with Crippen molar-refractivity contribution in [3.05, 3.63) is 24.3 Å². The van der Waals surface area contributed by atoms with E-state index >= 15 is 0 Å². The van der Waals surface area contributed by atoms with Crippen LogP contribution in [0.3, 0.4) is 0 Å².